The first kappa shape index (κ1) is 26.0. The average molecular weight is 489 g/mol. The summed E-state index contributed by atoms with van der Waals surface area (Å²) in [6, 6.07) is 10.8. The fourth-order valence-corrected chi connectivity index (χ4v) is 4.26. The first-order valence-electron chi connectivity index (χ1n) is 10.7. The molecule has 10 heteroatoms. The van der Waals surface area contributed by atoms with Crippen LogP contribution in [-0.2, 0) is 32.0 Å². The molecule has 0 saturated heterocycles. The number of ether oxygens (including phenoxy) is 2. The number of esters is 1. The van der Waals surface area contributed by atoms with Gasteiger partial charge in [0.25, 0.3) is 0 Å². The molecule has 34 heavy (non-hydrogen) atoms. The lowest BCUT2D eigenvalue weighted by molar-refractivity contribution is -0.146. The smallest absolute Gasteiger partial charge is 0.416 e. The highest BCUT2D eigenvalue weighted by atomic mass is 19.4. The van der Waals surface area contributed by atoms with E-state index in [-0.39, 0.29) is 37.3 Å². The molecule has 0 bridgehead atoms. The summed E-state index contributed by atoms with van der Waals surface area (Å²) >= 11 is 0. The van der Waals surface area contributed by atoms with E-state index in [1.54, 1.807) is 0 Å². The average Bonchev–Trinajstić information content (AvgIpc) is 2.76. The van der Waals surface area contributed by atoms with Gasteiger partial charge >= 0.3 is 18.3 Å². The van der Waals surface area contributed by atoms with Crippen LogP contribution in [0, 0.1) is 5.92 Å². The van der Waals surface area contributed by atoms with Gasteiger partial charge in [0.05, 0.1) is 37.0 Å². The molecule has 3 rings (SSSR count). The Morgan fingerprint density at radius 2 is 1.59 bits per heavy atom. The van der Waals surface area contributed by atoms with Crippen LogP contribution in [0.25, 0.3) is 0 Å². The predicted molar refractivity (Wildman–Crippen MR) is 112 cm³/mol. The van der Waals surface area contributed by atoms with E-state index in [9.17, 15) is 31.1 Å². The van der Waals surface area contributed by atoms with Gasteiger partial charge in [-0.05, 0) is 55.0 Å². The van der Waals surface area contributed by atoms with Crippen LogP contribution in [0.2, 0.25) is 0 Å². The second kappa shape index (κ2) is 9.95. The fraction of sp³-hybridized carbons (Fsp3) is 0.458. The Kier molecular flexibility index (Phi) is 7.62. The molecule has 0 spiro atoms. The summed E-state index contributed by atoms with van der Waals surface area (Å²) < 4.78 is 90.2. The van der Waals surface area contributed by atoms with Crippen molar-refractivity contribution >= 4 is 5.97 Å². The van der Waals surface area contributed by atoms with E-state index in [1.807, 2.05) is 30.3 Å². The van der Waals surface area contributed by atoms with Gasteiger partial charge in [0, 0.05) is 5.41 Å². The SMILES string of the molecule is C[C@@H](OC[C@]1(c2ccccc2)C[C@@H](COC(=O)CN)C1)c1cc(C(F)(F)F)cc(C(F)(F)F)c1. The second-order valence-electron chi connectivity index (χ2n) is 8.60. The number of nitrogens with two attached hydrogens (primary N) is 1. The second-order valence-corrected chi connectivity index (χ2v) is 8.60. The zero-order valence-corrected chi connectivity index (χ0v) is 18.4. The Morgan fingerprint density at radius 1 is 1.03 bits per heavy atom. The van der Waals surface area contributed by atoms with Crippen LogP contribution in [0.5, 0.6) is 0 Å². The quantitative estimate of drug-likeness (QED) is 0.385. The minimum atomic E-state index is -4.93. The summed E-state index contributed by atoms with van der Waals surface area (Å²) in [7, 11) is 0. The summed E-state index contributed by atoms with van der Waals surface area (Å²) in [6.07, 6.45) is -9.71. The number of halogens is 6. The first-order chi connectivity index (χ1) is 15.8. The van der Waals surface area contributed by atoms with E-state index < -0.39 is 41.0 Å². The van der Waals surface area contributed by atoms with Crippen LogP contribution in [0.3, 0.4) is 0 Å². The van der Waals surface area contributed by atoms with Crippen molar-refractivity contribution in [3.8, 4) is 0 Å². The molecule has 1 fully saturated rings. The molecule has 2 aromatic carbocycles. The van der Waals surface area contributed by atoms with Crippen molar-refractivity contribution in [1.29, 1.82) is 0 Å². The molecule has 1 saturated carbocycles. The molecule has 0 aromatic heterocycles. The molecule has 0 unspecified atom stereocenters. The van der Waals surface area contributed by atoms with Crippen LogP contribution in [0.4, 0.5) is 26.3 Å². The van der Waals surface area contributed by atoms with Gasteiger partial charge in [-0.15, -0.1) is 0 Å². The highest BCUT2D eigenvalue weighted by Gasteiger charge is 2.46. The van der Waals surface area contributed by atoms with Gasteiger partial charge in [-0.25, -0.2) is 0 Å². The molecular weight excluding hydrogens is 464 g/mol. The van der Waals surface area contributed by atoms with Crippen molar-refractivity contribution in [2.24, 2.45) is 11.7 Å². The van der Waals surface area contributed by atoms with Gasteiger partial charge in [0.15, 0.2) is 0 Å². The summed E-state index contributed by atoms with van der Waals surface area (Å²) in [5.74, 6) is -0.480. The third-order valence-corrected chi connectivity index (χ3v) is 6.08. The monoisotopic (exact) mass is 489 g/mol. The topological polar surface area (TPSA) is 61.5 Å². The summed E-state index contributed by atoms with van der Waals surface area (Å²) in [6.45, 7) is 1.46. The van der Waals surface area contributed by atoms with E-state index in [1.165, 1.54) is 6.92 Å². The minimum Gasteiger partial charge on any atom is -0.464 e. The van der Waals surface area contributed by atoms with Crippen molar-refractivity contribution in [3.05, 3.63) is 70.8 Å². The number of carbonyl (C=O) groups excluding carboxylic acids is 1. The number of benzene rings is 2. The predicted octanol–water partition coefficient (Wildman–Crippen LogP) is 5.65. The standard InChI is InChI=1S/C24H25F6NO3/c1-15(17-7-19(23(25,26)27)9-20(8-17)24(28,29)30)34-14-22(18-5-3-2-4-6-18)10-16(11-22)13-33-21(32)12-31/h2-9,15-16H,10-14,31H2,1H3/t15-,16-,22+/m1/s1. The molecule has 186 valence electrons. The summed E-state index contributed by atoms with van der Waals surface area (Å²) in [4.78, 5) is 11.3. The van der Waals surface area contributed by atoms with Crippen LogP contribution in [-0.4, -0.2) is 25.7 Å². The van der Waals surface area contributed by atoms with Crippen molar-refractivity contribution in [3.63, 3.8) is 0 Å². The maximum absolute atomic E-state index is 13.2. The van der Waals surface area contributed by atoms with Gasteiger partial charge < -0.3 is 15.2 Å². The van der Waals surface area contributed by atoms with Crippen LogP contribution in [0.15, 0.2) is 48.5 Å². The van der Waals surface area contributed by atoms with Crippen molar-refractivity contribution < 1.29 is 40.6 Å². The van der Waals surface area contributed by atoms with E-state index >= 15 is 0 Å². The van der Waals surface area contributed by atoms with Gasteiger partial charge in [0.2, 0.25) is 0 Å². The molecule has 0 aliphatic heterocycles. The van der Waals surface area contributed by atoms with Crippen molar-refractivity contribution in [2.75, 3.05) is 19.8 Å². The molecule has 1 aliphatic carbocycles. The number of hydrogen-bond acceptors (Lipinski definition) is 4. The van der Waals surface area contributed by atoms with Gasteiger partial charge in [-0.2, -0.15) is 26.3 Å². The lowest BCUT2D eigenvalue weighted by Crippen LogP contribution is -2.47. The number of hydrogen-bond donors (Lipinski definition) is 1. The third-order valence-electron chi connectivity index (χ3n) is 6.08. The molecular formula is C24H25F6NO3. The molecule has 0 heterocycles. The third kappa shape index (κ3) is 6.09. The fourth-order valence-electron chi connectivity index (χ4n) is 4.26. The minimum absolute atomic E-state index is 0.0417. The van der Waals surface area contributed by atoms with Crippen LogP contribution in [0.1, 0.15) is 48.1 Å². The highest BCUT2D eigenvalue weighted by molar-refractivity contribution is 5.71. The molecule has 4 nitrogen and oxygen atoms in total. The summed E-state index contributed by atoms with van der Waals surface area (Å²) in [5.41, 5.74) is 2.71. The van der Waals surface area contributed by atoms with Crippen LogP contribution < -0.4 is 5.73 Å². The Morgan fingerprint density at radius 3 is 2.09 bits per heavy atom. The molecule has 0 amide bonds. The largest absolute Gasteiger partial charge is 0.464 e. The maximum Gasteiger partial charge on any atom is 0.416 e. The summed E-state index contributed by atoms with van der Waals surface area (Å²) in [5, 5.41) is 0. The lowest BCUT2D eigenvalue weighted by Gasteiger charge is -2.48. The Bertz CT molecular complexity index is 952. The van der Waals surface area contributed by atoms with Gasteiger partial charge in [-0.1, -0.05) is 30.3 Å². The highest BCUT2D eigenvalue weighted by Crippen LogP contribution is 2.49. The number of carbonyl (C=O) groups is 1. The molecule has 2 aromatic rings. The molecule has 2 N–H and O–H groups in total. The van der Waals surface area contributed by atoms with Crippen molar-refractivity contribution in [1.82, 2.24) is 0 Å². The Hall–Kier alpha value is -2.59. The van der Waals surface area contributed by atoms with Gasteiger partial charge in [0.1, 0.15) is 0 Å². The number of alkyl halides is 6. The first-order valence-corrected chi connectivity index (χ1v) is 10.7. The van der Waals surface area contributed by atoms with E-state index in [4.69, 9.17) is 15.2 Å². The lowest BCUT2D eigenvalue weighted by atomic mass is 9.59. The van der Waals surface area contributed by atoms with Crippen molar-refractivity contribution in [2.45, 2.75) is 43.6 Å². The molecule has 1 atom stereocenters. The normalized spacial score (nSPS) is 21.6. The van der Waals surface area contributed by atoms with Gasteiger partial charge in [-0.3, -0.25) is 4.79 Å². The Balaban J connectivity index is 1.78. The molecule has 0 radical (unpaired) electrons. The Labute approximate surface area is 193 Å². The maximum atomic E-state index is 13.2. The van der Waals surface area contributed by atoms with Crippen LogP contribution >= 0.6 is 0 Å². The van der Waals surface area contributed by atoms with E-state index in [0.717, 1.165) is 5.56 Å². The van der Waals surface area contributed by atoms with E-state index in [2.05, 4.69) is 0 Å². The van der Waals surface area contributed by atoms with E-state index in [0.29, 0.717) is 25.0 Å². The number of rotatable bonds is 8. The zero-order chi connectivity index (χ0) is 25.1. The zero-order valence-electron chi connectivity index (χ0n) is 18.4. The molecule has 1 aliphatic rings.